The molecule has 0 heterocycles. The number of aromatic carboxylic acids is 9. The van der Waals surface area contributed by atoms with Crippen LogP contribution in [-0.2, 0) is 0 Å². The second-order valence-electron chi connectivity index (χ2n) is 8.73. The number of hydrogen-bond acceptors (Lipinski definition) is 9. The van der Waals surface area contributed by atoms with Crippen molar-refractivity contribution in [3.63, 3.8) is 0 Å². The van der Waals surface area contributed by atoms with Gasteiger partial charge in [0.05, 0.1) is 50.1 Å². The summed E-state index contributed by atoms with van der Waals surface area (Å²) < 4.78 is 0. The van der Waals surface area contributed by atoms with Crippen LogP contribution < -0.4 is 0 Å². The maximum absolute atomic E-state index is 12.6. The minimum Gasteiger partial charge on any atom is -0.478 e. The predicted molar refractivity (Wildman–Crippen MR) is 140 cm³/mol. The standard InChI is InChI=1S/C27H14O18/c28-19(29)6-1-11(16(26(42)43)12(2-6)23(36)37)15-13(24(38)39)5-14(25(40)41)18(27(44)45)17(15)7-3-9(21(32)33)10(22(34)35)4-8(7)20(30)31/h1-5H,(H,28,29)(H,30,31)(H,32,33)(H,34,35)(H,36,37)(H,38,39)(H,40,41)(H,42,43)(H,44,45). The van der Waals surface area contributed by atoms with E-state index in [2.05, 4.69) is 0 Å². The molecule has 0 atom stereocenters. The van der Waals surface area contributed by atoms with Crippen LogP contribution in [0, 0.1) is 0 Å². The second-order valence-corrected chi connectivity index (χ2v) is 8.73. The number of rotatable bonds is 11. The summed E-state index contributed by atoms with van der Waals surface area (Å²) in [5.74, 6) is -18.9. The van der Waals surface area contributed by atoms with E-state index in [-0.39, 0.29) is 18.2 Å². The molecule has 230 valence electrons. The van der Waals surface area contributed by atoms with Gasteiger partial charge < -0.3 is 46.0 Å². The van der Waals surface area contributed by atoms with Crippen LogP contribution in [0.25, 0.3) is 22.3 Å². The smallest absolute Gasteiger partial charge is 0.337 e. The fourth-order valence-electron chi connectivity index (χ4n) is 4.49. The van der Waals surface area contributed by atoms with Crippen molar-refractivity contribution in [3.05, 3.63) is 80.4 Å². The van der Waals surface area contributed by atoms with E-state index in [0.29, 0.717) is 12.1 Å². The molecule has 0 spiro atoms. The van der Waals surface area contributed by atoms with Gasteiger partial charge in [0.2, 0.25) is 0 Å². The highest BCUT2D eigenvalue weighted by Gasteiger charge is 2.36. The summed E-state index contributed by atoms with van der Waals surface area (Å²) >= 11 is 0. The lowest BCUT2D eigenvalue weighted by atomic mass is 9.79. The van der Waals surface area contributed by atoms with Gasteiger partial charge in [-0.3, -0.25) is 0 Å². The Bertz CT molecular complexity index is 1950. The Labute approximate surface area is 245 Å². The van der Waals surface area contributed by atoms with Crippen LogP contribution in [0.15, 0.2) is 30.3 Å². The molecular weight excluding hydrogens is 612 g/mol. The molecule has 18 nitrogen and oxygen atoms in total. The Morgan fingerprint density at radius 1 is 0.311 bits per heavy atom. The summed E-state index contributed by atoms with van der Waals surface area (Å²) in [6, 6.07) is 1.41. The van der Waals surface area contributed by atoms with Gasteiger partial charge in [-0.2, -0.15) is 0 Å². The Morgan fingerprint density at radius 2 is 0.711 bits per heavy atom. The van der Waals surface area contributed by atoms with Gasteiger partial charge in [0.1, 0.15) is 0 Å². The Hall–Kier alpha value is -7.11. The van der Waals surface area contributed by atoms with E-state index in [4.69, 9.17) is 0 Å². The summed E-state index contributed by atoms with van der Waals surface area (Å²) in [7, 11) is 0. The lowest BCUT2D eigenvalue weighted by molar-refractivity contribution is 0.0648. The molecule has 0 aromatic heterocycles. The van der Waals surface area contributed by atoms with Gasteiger partial charge in [-0.15, -0.1) is 0 Å². The molecule has 3 rings (SSSR count). The highest BCUT2D eigenvalue weighted by molar-refractivity contribution is 6.19. The summed E-state index contributed by atoms with van der Waals surface area (Å²) in [6.07, 6.45) is 0. The van der Waals surface area contributed by atoms with Crippen molar-refractivity contribution in [3.8, 4) is 22.3 Å². The van der Waals surface area contributed by atoms with Crippen molar-refractivity contribution < 1.29 is 89.1 Å². The normalized spacial score (nSPS) is 10.5. The summed E-state index contributed by atoms with van der Waals surface area (Å²) in [5, 5.41) is 88.2. The fraction of sp³-hybridized carbons (Fsp3) is 0. The molecular formula is C27H14O18. The Kier molecular flexibility index (Phi) is 8.38. The van der Waals surface area contributed by atoms with Crippen molar-refractivity contribution in [2.75, 3.05) is 0 Å². The maximum Gasteiger partial charge on any atom is 0.337 e. The lowest BCUT2D eigenvalue weighted by Gasteiger charge is -2.22. The molecule has 0 saturated heterocycles. The first-order valence-corrected chi connectivity index (χ1v) is 11.5. The van der Waals surface area contributed by atoms with Crippen LogP contribution in [0.5, 0.6) is 0 Å². The third-order valence-electron chi connectivity index (χ3n) is 6.22. The molecule has 0 bridgehead atoms. The molecule has 0 saturated carbocycles. The average Bonchev–Trinajstić information content (AvgIpc) is 2.93. The number of hydrogen-bond donors (Lipinski definition) is 9. The van der Waals surface area contributed by atoms with Crippen molar-refractivity contribution in [1.29, 1.82) is 0 Å². The molecule has 0 aliphatic rings. The van der Waals surface area contributed by atoms with Gasteiger partial charge in [-0.1, -0.05) is 0 Å². The monoisotopic (exact) mass is 626 g/mol. The van der Waals surface area contributed by atoms with E-state index in [1.165, 1.54) is 0 Å². The summed E-state index contributed by atoms with van der Waals surface area (Å²) in [5.41, 5.74) is -16.5. The van der Waals surface area contributed by atoms with Crippen LogP contribution in [-0.4, -0.2) is 99.7 Å². The first kappa shape index (κ1) is 32.4. The van der Waals surface area contributed by atoms with Crippen LogP contribution in [0.4, 0.5) is 0 Å². The van der Waals surface area contributed by atoms with Crippen molar-refractivity contribution in [1.82, 2.24) is 0 Å². The SMILES string of the molecule is O=C(O)c1cc(C(=O)O)c(C(=O)O)c(-c2c(C(=O)O)cc(C(=O)O)c(C(=O)O)c2-c2cc(C(=O)O)c(C(=O)O)cc2C(=O)O)c1. The van der Waals surface area contributed by atoms with E-state index in [0.717, 1.165) is 0 Å². The van der Waals surface area contributed by atoms with Crippen LogP contribution in [0.2, 0.25) is 0 Å². The average molecular weight is 626 g/mol. The van der Waals surface area contributed by atoms with Gasteiger partial charge in [-0.05, 0) is 41.5 Å². The second kappa shape index (κ2) is 11.6. The first-order chi connectivity index (χ1) is 20.8. The maximum atomic E-state index is 12.6. The molecule has 0 unspecified atom stereocenters. The zero-order chi connectivity index (χ0) is 34.2. The summed E-state index contributed by atoms with van der Waals surface area (Å²) in [6.45, 7) is 0. The van der Waals surface area contributed by atoms with Crippen molar-refractivity contribution in [2.45, 2.75) is 0 Å². The molecule has 18 heteroatoms. The number of carboxylic acids is 9. The molecule has 0 fully saturated rings. The highest BCUT2D eigenvalue weighted by Crippen LogP contribution is 2.44. The van der Waals surface area contributed by atoms with E-state index in [1.807, 2.05) is 0 Å². The predicted octanol–water partition coefficient (Wildman–Crippen LogP) is 2.30. The van der Waals surface area contributed by atoms with Crippen molar-refractivity contribution >= 4 is 53.7 Å². The number of carbonyl (C=O) groups is 9. The van der Waals surface area contributed by atoms with Crippen molar-refractivity contribution in [2.24, 2.45) is 0 Å². The van der Waals surface area contributed by atoms with Gasteiger partial charge in [0.15, 0.2) is 0 Å². The number of benzene rings is 3. The molecule has 0 radical (unpaired) electrons. The molecule has 3 aromatic carbocycles. The quantitative estimate of drug-likeness (QED) is 0.147. The van der Waals surface area contributed by atoms with Gasteiger partial charge >= 0.3 is 53.7 Å². The molecule has 45 heavy (non-hydrogen) atoms. The lowest BCUT2D eigenvalue weighted by Crippen LogP contribution is -2.19. The Morgan fingerprint density at radius 3 is 1.11 bits per heavy atom. The molecule has 9 N–H and O–H groups in total. The van der Waals surface area contributed by atoms with Crippen LogP contribution in [0.3, 0.4) is 0 Å². The zero-order valence-corrected chi connectivity index (χ0v) is 21.6. The third-order valence-corrected chi connectivity index (χ3v) is 6.22. The molecule has 3 aromatic rings. The highest BCUT2D eigenvalue weighted by atomic mass is 16.4. The van der Waals surface area contributed by atoms with Crippen LogP contribution in [0.1, 0.15) is 93.2 Å². The van der Waals surface area contributed by atoms with Gasteiger partial charge in [0.25, 0.3) is 0 Å². The zero-order valence-electron chi connectivity index (χ0n) is 21.6. The molecule has 0 aliphatic heterocycles. The van der Waals surface area contributed by atoms with E-state index in [1.54, 1.807) is 0 Å². The van der Waals surface area contributed by atoms with Crippen LogP contribution >= 0.6 is 0 Å². The topological polar surface area (TPSA) is 336 Å². The Balaban J connectivity index is 2.96. The molecule has 0 amide bonds. The minimum absolute atomic E-state index is 0.191. The van der Waals surface area contributed by atoms with Gasteiger partial charge in [-0.25, -0.2) is 43.2 Å². The fourth-order valence-corrected chi connectivity index (χ4v) is 4.49. The summed E-state index contributed by atoms with van der Waals surface area (Å²) in [4.78, 5) is 109. The first-order valence-electron chi connectivity index (χ1n) is 11.5. The van der Waals surface area contributed by atoms with E-state index in [9.17, 15) is 89.1 Å². The largest absolute Gasteiger partial charge is 0.478 e. The van der Waals surface area contributed by atoms with Gasteiger partial charge in [0, 0.05) is 11.1 Å². The van der Waals surface area contributed by atoms with E-state index >= 15 is 0 Å². The van der Waals surface area contributed by atoms with E-state index < -0.39 is 126 Å². The number of carboxylic acid groups (broad SMARTS) is 9. The minimum atomic E-state index is -2.25. The third kappa shape index (κ3) is 5.68. The molecule has 0 aliphatic carbocycles.